The molecule has 1 aliphatic rings. The summed E-state index contributed by atoms with van der Waals surface area (Å²) in [6.07, 6.45) is 3.82. The Kier molecular flexibility index (Phi) is 4.82. The molecular weight excluding hydrogens is 356 g/mol. The number of amides is 1. The van der Waals surface area contributed by atoms with Gasteiger partial charge in [-0.25, -0.2) is 4.68 Å². The fourth-order valence-electron chi connectivity index (χ4n) is 3.17. The summed E-state index contributed by atoms with van der Waals surface area (Å²) < 4.78 is 2.84. The SMILES string of the molecule is CNCC1CCCN1C(=O)c1cnn(-c2ccc(Br)cc2)c1C. The highest BCUT2D eigenvalue weighted by Crippen LogP contribution is 2.23. The number of aromatic nitrogens is 2. The number of hydrogen-bond acceptors (Lipinski definition) is 3. The Hall–Kier alpha value is -1.66. The number of nitrogens with one attached hydrogen (secondary N) is 1. The minimum Gasteiger partial charge on any atom is -0.334 e. The van der Waals surface area contributed by atoms with Gasteiger partial charge in [-0.05, 0) is 51.1 Å². The van der Waals surface area contributed by atoms with Gasteiger partial charge in [0.1, 0.15) is 0 Å². The van der Waals surface area contributed by atoms with E-state index in [1.54, 1.807) is 6.20 Å². The monoisotopic (exact) mass is 376 g/mol. The minimum atomic E-state index is 0.0867. The lowest BCUT2D eigenvalue weighted by Gasteiger charge is -2.24. The predicted octanol–water partition coefficient (Wildman–Crippen LogP) is 2.77. The first-order valence-electron chi connectivity index (χ1n) is 7.88. The van der Waals surface area contributed by atoms with Gasteiger partial charge in [-0.1, -0.05) is 15.9 Å². The normalized spacial score (nSPS) is 17.7. The molecular formula is C17H21BrN4O. The molecule has 1 atom stereocenters. The number of carbonyl (C=O) groups excluding carboxylic acids is 1. The number of likely N-dealkylation sites (tertiary alicyclic amines) is 1. The molecule has 23 heavy (non-hydrogen) atoms. The number of carbonyl (C=O) groups is 1. The number of nitrogens with zero attached hydrogens (tertiary/aromatic N) is 3. The van der Waals surface area contributed by atoms with Gasteiger partial charge in [0.2, 0.25) is 0 Å². The van der Waals surface area contributed by atoms with Gasteiger partial charge in [-0.3, -0.25) is 4.79 Å². The van der Waals surface area contributed by atoms with Crippen LogP contribution in [0, 0.1) is 6.92 Å². The van der Waals surface area contributed by atoms with E-state index < -0.39 is 0 Å². The molecule has 1 aromatic carbocycles. The molecule has 1 amide bonds. The zero-order valence-electron chi connectivity index (χ0n) is 13.4. The van der Waals surface area contributed by atoms with Crippen LogP contribution in [0.1, 0.15) is 28.9 Å². The molecule has 0 spiro atoms. The van der Waals surface area contributed by atoms with Crippen molar-refractivity contribution in [1.29, 1.82) is 0 Å². The summed E-state index contributed by atoms with van der Waals surface area (Å²) in [4.78, 5) is 14.9. The van der Waals surface area contributed by atoms with Crippen LogP contribution in [0.3, 0.4) is 0 Å². The summed E-state index contributed by atoms with van der Waals surface area (Å²) in [5, 5.41) is 7.60. The Morgan fingerprint density at radius 1 is 1.39 bits per heavy atom. The highest BCUT2D eigenvalue weighted by atomic mass is 79.9. The molecule has 1 aromatic heterocycles. The molecule has 0 aliphatic carbocycles. The van der Waals surface area contributed by atoms with Crippen LogP contribution in [0.15, 0.2) is 34.9 Å². The van der Waals surface area contributed by atoms with E-state index in [4.69, 9.17) is 0 Å². The van der Waals surface area contributed by atoms with Crippen molar-refractivity contribution in [1.82, 2.24) is 20.0 Å². The second-order valence-electron chi connectivity index (χ2n) is 5.88. The van der Waals surface area contributed by atoms with Gasteiger partial charge in [-0.2, -0.15) is 5.10 Å². The lowest BCUT2D eigenvalue weighted by Crippen LogP contribution is -2.41. The number of rotatable bonds is 4. The number of halogens is 1. The smallest absolute Gasteiger partial charge is 0.257 e. The molecule has 1 saturated heterocycles. The van der Waals surface area contributed by atoms with Gasteiger partial charge in [0.25, 0.3) is 5.91 Å². The second-order valence-corrected chi connectivity index (χ2v) is 6.80. The average Bonchev–Trinajstić information content (AvgIpc) is 3.15. The highest BCUT2D eigenvalue weighted by Gasteiger charge is 2.30. The highest BCUT2D eigenvalue weighted by molar-refractivity contribution is 9.10. The van der Waals surface area contributed by atoms with E-state index in [0.717, 1.165) is 41.8 Å². The summed E-state index contributed by atoms with van der Waals surface area (Å²) in [5.74, 6) is 0.0867. The predicted molar refractivity (Wildman–Crippen MR) is 94.0 cm³/mol. The molecule has 2 aromatic rings. The molecule has 1 fully saturated rings. The van der Waals surface area contributed by atoms with E-state index in [-0.39, 0.29) is 11.9 Å². The Bertz CT molecular complexity index is 695. The first-order chi connectivity index (χ1) is 11.1. The third-order valence-corrected chi connectivity index (χ3v) is 4.92. The molecule has 5 nitrogen and oxygen atoms in total. The Morgan fingerprint density at radius 2 is 2.13 bits per heavy atom. The molecule has 1 aliphatic heterocycles. The van der Waals surface area contributed by atoms with E-state index in [2.05, 4.69) is 26.3 Å². The van der Waals surface area contributed by atoms with E-state index in [0.29, 0.717) is 5.56 Å². The molecule has 3 rings (SSSR count). The summed E-state index contributed by atoms with van der Waals surface area (Å²) in [7, 11) is 1.93. The van der Waals surface area contributed by atoms with Gasteiger partial charge in [-0.15, -0.1) is 0 Å². The van der Waals surface area contributed by atoms with Crippen molar-refractivity contribution in [3.05, 3.63) is 46.2 Å². The topological polar surface area (TPSA) is 50.2 Å². The first kappa shape index (κ1) is 16.2. The van der Waals surface area contributed by atoms with Gasteiger partial charge in [0.15, 0.2) is 0 Å². The largest absolute Gasteiger partial charge is 0.334 e. The molecule has 0 saturated carbocycles. The zero-order chi connectivity index (χ0) is 16.4. The molecule has 122 valence electrons. The third-order valence-electron chi connectivity index (χ3n) is 4.39. The minimum absolute atomic E-state index is 0.0867. The molecule has 0 radical (unpaired) electrons. The van der Waals surface area contributed by atoms with Crippen LogP contribution < -0.4 is 5.32 Å². The van der Waals surface area contributed by atoms with Gasteiger partial charge < -0.3 is 10.2 Å². The Balaban J connectivity index is 1.86. The summed E-state index contributed by atoms with van der Waals surface area (Å²) in [6.45, 7) is 3.62. The summed E-state index contributed by atoms with van der Waals surface area (Å²) in [6, 6.07) is 8.20. The van der Waals surface area contributed by atoms with Crippen LogP contribution in [-0.2, 0) is 0 Å². The summed E-state index contributed by atoms with van der Waals surface area (Å²) in [5.41, 5.74) is 2.53. The fourth-order valence-corrected chi connectivity index (χ4v) is 3.43. The quantitative estimate of drug-likeness (QED) is 0.892. The Labute approximate surface area is 144 Å². The number of likely N-dealkylation sites (N-methyl/N-ethyl adjacent to an activating group) is 1. The zero-order valence-corrected chi connectivity index (χ0v) is 15.0. The standard InChI is InChI=1S/C17H21BrN4O/c1-12-16(17(23)21-9-3-4-15(21)10-19-2)11-20-22(12)14-7-5-13(18)6-8-14/h5-8,11,15,19H,3-4,9-10H2,1-2H3. The van der Waals surface area contributed by atoms with Gasteiger partial charge in [0.05, 0.1) is 23.1 Å². The lowest BCUT2D eigenvalue weighted by atomic mass is 10.2. The molecule has 0 bridgehead atoms. The summed E-state index contributed by atoms with van der Waals surface area (Å²) >= 11 is 3.43. The maximum atomic E-state index is 12.9. The Morgan fingerprint density at radius 3 is 2.83 bits per heavy atom. The van der Waals surface area contributed by atoms with Crippen molar-refractivity contribution in [2.45, 2.75) is 25.8 Å². The van der Waals surface area contributed by atoms with E-state index in [1.807, 2.05) is 47.8 Å². The van der Waals surface area contributed by atoms with Crippen LogP contribution in [0.4, 0.5) is 0 Å². The van der Waals surface area contributed by atoms with Crippen molar-refractivity contribution in [3.8, 4) is 5.69 Å². The van der Waals surface area contributed by atoms with Crippen molar-refractivity contribution in [3.63, 3.8) is 0 Å². The maximum absolute atomic E-state index is 12.9. The molecule has 1 N–H and O–H groups in total. The second kappa shape index (κ2) is 6.84. The van der Waals surface area contributed by atoms with E-state index in [1.165, 1.54) is 0 Å². The van der Waals surface area contributed by atoms with E-state index >= 15 is 0 Å². The molecule has 6 heteroatoms. The van der Waals surface area contributed by atoms with Crippen LogP contribution in [0.5, 0.6) is 0 Å². The van der Waals surface area contributed by atoms with Crippen molar-refractivity contribution >= 4 is 21.8 Å². The van der Waals surface area contributed by atoms with Crippen LogP contribution in [0.2, 0.25) is 0 Å². The van der Waals surface area contributed by atoms with Crippen LogP contribution in [0.25, 0.3) is 5.69 Å². The number of hydrogen-bond donors (Lipinski definition) is 1. The molecule has 2 heterocycles. The van der Waals surface area contributed by atoms with Gasteiger partial charge in [0, 0.05) is 23.6 Å². The number of benzene rings is 1. The van der Waals surface area contributed by atoms with Crippen molar-refractivity contribution in [2.75, 3.05) is 20.1 Å². The van der Waals surface area contributed by atoms with Gasteiger partial charge >= 0.3 is 0 Å². The van der Waals surface area contributed by atoms with Crippen molar-refractivity contribution < 1.29 is 4.79 Å². The van der Waals surface area contributed by atoms with E-state index in [9.17, 15) is 4.79 Å². The maximum Gasteiger partial charge on any atom is 0.257 e. The fraction of sp³-hybridized carbons (Fsp3) is 0.412. The van der Waals surface area contributed by atoms with Crippen LogP contribution in [-0.4, -0.2) is 46.8 Å². The lowest BCUT2D eigenvalue weighted by molar-refractivity contribution is 0.0736. The van der Waals surface area contributed by atoms with Crippen LogP contribution >= 0.6 is 15.9 Å². The average molecular weight is 377 g/mol. The third kappa shape index (κ3) is 3.19. The van der Waals surface area contributed by atoms with Crippen molar-refractivity contribution in [2.24, 2.45) is 0 Å². The molecule has 1 unspecified atom stereocenters. The first-order valence-corrected chi connectivity index (χ1v) is 8.67.